The Balaban J connectivity index is 1.19. The largest absolute Gasteiger partial charge is 0.310 e. The number of nitrogens with zero attached hydrogens (tertiary/aromatic N) is 1. The van der Waals surface area contributed by atoms with E-state index in [2.05, 4.69) is 144 Å². The lowest BCUT2D eigenvalue weighted by Crippen LogP contribution is -2.00. The first kappa shape index (κ1) is 22.7. The first-order valence-corrected chi connectivity index (χ1v) is 14.5. The summed E-state index contributed by atoms with van der Waals surface area (Å²) >= 11 is 0. The summed E-state index contributed by atoms with van der Waals surface area (Å²) < 4.78 is 2.44. The van der Waals surface area contributed by atoms with Crippen LogP contribution in [-0.4, -0.2) is 4.57 Å². The number of allylic oxidation sites excluding steroid dienone is 1. The predicted octanol–water partition coefficient (Wildman–Crippen LogP) is 10.9. The molecule has 0 atom stereocenters. The van der Waals surface area contributed by atoms with Crippen molar-refractivity contribution in [3.05, 3.63) is 145 Å². The Morgan fingerprint density at radius 2 is 1.05 bits per heavy atom. The summed E-state index contributed by atoms with van der Waals surface area (Å²) in [5, 5.41) is 11.8. The Labute approximate surface area is 238 Å². The van der Waals surface area contributed by atoms with Gasteiger partial charge in [-0.2, -0.15) is 0 Å². The summed E-state index contributed by atoms with van der Waals surface area (Å²) in [5.74, 6) is 0. The van der Waals surface area contributed by atoms with Crippen molar-refractivity contribution in [2.75, 3.05) is 0 Å². The molecule has 0 radical (unpaired) electrons. The van der Waals surface area contributed by atoms with Gasteiger partial charge >= 0.3 is 0 Å². The molecule has 0 fully saturated rings. The molecule has 1 heteroatoms. The predicted molar refractivity (Wildman–Crippen MR) is 176 cm³/mol. The summed E-state index contributed by atoms with van der Waals surface area (Å²) in [4.78, 5) is 0. The third kappa shape index (κ3) is 3.36. The average Bonchev–Trinajstić information content (AvgIpc) is 3.39. The number of hydrogen-bond donors (Lipinski definition) is 0. The fourth-order valence-corrected chi connectivity index (χ4v) is 7.10. The van der Waals surface area contributed by atoms with Gasteiger partial charge in [0.25, 0.3) is 0 Å². The molecular weight excluding hydrogens is 494 g/mol. The fourth-order valence-electron chi connectivity index (χ4n) is 7.10. The highest BCUT2D eigenvalue weighted by Crippen LogP contribution is 2.38. The van der Waals surface area contributed by atoms with Gasteiger partial charge in [-0.05, 0) is 109 Å². The lowest BCUT2D eigenvalue weighted by Gasteiger charge is -2.14. The first-order valence-electron chi connectivity index (χ1n) is 14.5. The van der Waals surface area contributed by atoms with E-state index in [1.54, 1.807) is 0 Å². The minimum atomic E-state index is 1.10. The molecule has 0 saturated carbocycles. The van der Waals surface area contributed by atoms with E-state index in [0.29, 0.717) is 0 Å². The SMILES string of the molecule is C1=Cc2c(c3ccccc3n2-c2ccc3cc(-c4ccc5c6ccccc6c6ccccc6c5c4)ccc3c2)CC1. The molecule has 7 aromatic carbocycles. The van der Waals surface area contributed by atoms with Gasteiger partial charge in [0, 0.05) is 16.8 Å². The normalized spacial score (nSPS) is 13.1. The van der Waals surface area contributed by atoms with Gasteiger partial charge in [0.15, 0.2) is 0 Å². The third-order valence-electron chi connectivity index (χ3n) is 9.02. The monoisotopic (exact) mass is 521 g/mol. The minimum absolute atomic E-state index is 1.10. The van der Waals surface area contributed by atoms with Crippen molar-refractivity contribution in [2.45, 2.75) is 12.8 Å². The van der Waals surface area contributed by atoms with Crippen LogP contribution >= 0.6 is 0 Å². The zero-order chi connectivity index (χ0) is 26.9. The Morgan fingerprint density at radius 3 is 1.83 bits per heavy atom. The van der Waals surface area contributed by atoms with E-state index in [0.717, 1.165) is 12.8 Å². The molecule has 0 amide bonds. The number of para-hydroxylation sites is 1. The minimum Gasteiger partial charge on any atom is -0.310 e. The van der Waals surface area contributed by atoms with Gasteiger partial charge in [-0.25, -0.2) is 0 Å². The van der Waals surface area contributed by atoms with Crippen molar-refractivity contribution in [1.82, 2.24) is 4.57 Å². The summed E-state index contributed by atoms with van der Waals surface area (Å²) in [5.41, 5.74) is 7.80. The number of aromatic nitrogens is 1. The van der Waals surface area contributed by atoms with Crippen LogP contribution in [0.1, 0.15) is 17.7 Å². The molecule has 1 heterocycles. The smallest absolute Gasteiger partial charge is 0.0537 e. The number of hydrogen-bond acceptors (Lipinski definition) is 0. The summed E-state index contributed by atoms with van der Waals surface area (Å²) in [6, 6.07) is 47.2. The molecule has 8 aromatic rings. The van der Waals surface area contributed by atoms with Crippen LogP contribution < -0.4 is 0 Å². The zero-order valence-electron chi connectivity index (χ0n) is 22.6. The molecule has 0 bridgehead atoms. The molecule has 1 nitrogen and oxygen atoms in total. The molecule has 0 spiro atoms. The zero-order valence-corrected chi connectivity index (χ0v) is 22.6. The summed E-state index contributed by atoms with van der Waals surface area (Å²) in [7, 11) is 0. The third-order valence-corrected chi connectivity index (χ3v) is 9.02. The molecule has 9 rings (SSSR count). The van der Waals surface area contributed by atoms with Gasteiger partial charge < -0.3 is 4.57 Å². The van der Waals surface area contributed by atoms with Crippen molar-refractivity contribution in [1.29, 1.82) is 0 Å². The molecule has 0 N–H and O–H groups in total. The number of fused-ring (bicyclic) bond motifs is 10. The Kier molecular flexibility index (Phi) is 4.80. The number of benzene rings is 7. The van der Waals surface area contributed by atoms with Crippen molar-refractivity contribution in [3.8, 4) is 16.8 Å². The number of aryl methyl sites for hydroxylation is 1. The van der Waals surface area contributed by atoms with E-state index >= 15 is 0 Å². The van der Waals surface area contributed by atoms with Gasteiger partial charge in [-0.15, -0.1) is 0 Å². The molecule has 1 aromatic heterocycles. The maximum absolute atomic E-state index is 2.44. The molecule has 0 saturated heterocycles. The second-order valence-electron chi connectivity index (χ2n) is 11.3. The van der Waals surface area contributed by atoms with Crippen molar-refractivity contribution >= 4 is 60.1 Å². The van der Waals surface area contributed by atoms with Gasteiger partial charge in [0.1, 0.15) is 0 Å². The van der Waals surface area contributed by atoms with Crippen LogP contribution in [0.15, 0.2) is 133 Å². The van der Waals surface area contributed by atoms with E-state index < -0.39 is 0 Å². The quantitative estimate of drug-likeness (QED) is 0.199. The van der Waals surface area contributed by atoms with Gasteiger partial charge in [-0.3, -0.25) is 0 Å². The highest BCUT2D eigenvalue weighted by molar-refractivity contribution is 6.25. The van der Waals surface area contributed by atoms with E-state index in [4.69, 9.17) is 0 Å². The van der Waals surface area contributed by atoms with Crippen LogP contribution in [0.2, 0.25) is 0 Å². The van der Waals surface area contributed by atoms with Crippen LogP contribution in [0.5, 0.6) is 0 Å². The van der Waals surface area contributed by atoms with Gasteiger partial charge in [0.05, 0.1) is 5.52 Å². The maximum Gasteiger partial charge on any atom is 0.0537 e. The van der Waals surface area contributed by atoms with Crippen LogP contribution in [-0.2, 0) is 6.42 Å². The lowest BCUT2D eigenvalue weighted by molar-refractivity contribution is 0.968. The Morgan fingerprint density at radius 1 is 0.463 bits per heavy atom. The van der Waals surface area contributed by atoms with E-state index in [1.807, 2.05) is 0 Å². The van der Waals surface area contributed by atoms with Crippen LogP contribution in [0.4, 0.5) is 0 Å². The number of rotatable bonds is 2. The van der Waals surface area contributed by atoms with Gasteiger partial charge in [0.2, 0.25) is 0 Å². The second-order valence-corrected chi connectivity index (χ2v) is 11.3. The molecule has 192 valence electrons. The molecule has 1 aliphatic rings. The standard InChI is InChI=1S/C40H27N/c1-2-11-33-31(9-1)32-10-3-4-12-34(32)38-25-29(20-22-35(33)38)26-17-18-28-24-30(21-19-27(28)23-26)41-39-15-7-5-13-36(39)37-14-6-8-16-40(37)41/h1-5,7-13,15-25H,6,14H2. The highest BCUT2D eigenvalue weighted by Gasteiger charge is 2.18. The molecular formula is C40H27N. The lowest BCUT2D eigenvalue weighted by atomic mass is 9.91. The summed E-state index contributed by atoms with van der Waals surface area (Å²) in [6.07, 6.45) is 6.83. The van der Waals surface area contributed by atoms with Crippen LogP contribution in [0.25, 0.3) is 76.9 Å². The van der Waals surface area contributed by atoms with E-state index in [9.17, 15) is 0 Å². The van der Waals surface area contributed by atoms with Crippen LogP contribution in [0, 0.1) is 0 Å². The Bertz CT molecular complexity index is 2330. The van der Waals surface area contributed by atoms with Gasteiger partial charge in [-0.1, -0.05) is 103 Å². The molecule has 0 unspecified atom stereocenters. The Hall–Kier alpha value is -5.14. The highest BCUT2D eigenvalue weighted by atomic mass is 15.0. The van der Waals surface area contributed by atoms with Crippen molar-refractivity contribution in [2.24, 2.45) is 0 Å². The van der Waals surface area contributed by atoms with E-state index in [-0.39, 0.29) is 0 Å². The second kappa shape index (κ2) is 8.68. The first-order chi connectivity index (χ1) is 20.3. The summed E-state index contributed by atoms with van der Waals surface area (Å²) in [6.45, 7) is 0. The van der Waals surface area contributed by atoms with Crippen LogP contribution in [0.3, 0.4) is 0 Å². The molecule has 1 aliphatic carbocycles. The molecule has 41 heavy (non-hydrogen) atoms. The average molecular weight is 522 g/mol. The van der Waals surface area contributed by atoms with Crippen molar-refractivity contribution < 1.29 is 0 Å². The van der Waals surface area contributed by atoms with Crippen molar-refractivity contribution in [3.63, 3.8) is 0 Å². The fraction of sp³-hybridized carbons (Fsp3) is 0.0500. The molecule has 0 aliphatic heterocycles. The topological polar surface area (TPSA) is 4.93 Å². The maximum atomic E-state index is 2.44. The van der Waals surface area contributed by atoms with E-state index in [1.165, 1.54) is 82.1 Å².